The van der Waals surface area contributed by atoms with Crippen molar-refractivity contribution in [2.75, 3.05) is 33.2 Å². The van der Waals surface area contributed by atoms with Crippen LogP contribution in [0.25, 0.3) is 0 Å². The van der Waals surface area contributed by atoms with Crippen LogP contribution in [0.4, 0.5) is 0 Å². The van der Waals surface area contributed by atoms with E-state index in [4.69, 9.17) is 0 Å². The Hall–Kier alpha value is -2.99. The van der Waals surface area contributed by atoms with Crippen LogP contribution in [0.3, 0.4) is 0 Å². The Morgan fingerprint density at radius 3 is 2.32 bits per heavy atom. The molecule has 1 fully saturated rings. The molecular weight excluding hydrogens is 354 g/mol. The summed E-state index contributed by atoms with van der Waals surface area (Å²) in [7, 11) is 2.07. The Morgan fingerprint density at radius 1 is 0.893 bits per heavy atom. The maximum atomic E-state index is 12.9. The lowest BCUT2D eigenvalue weighted by Gasteiger charge is -2.21. The molecule has 0 unspecified atom stereocenters. The van der Waals surface area contributed by atoms with Gasteiger partial charge in [-0.1, -0.05) is 24.3 Å². The van der Waals surface area contributed by atoms with Gasteiger partial charge in [-0.15, -0.1) is 0 Å². The summed E-state index contributed by atoms with van der Waals surface area (Å²) < 4.78 is 0. The third-order valence-corrected chi connectivity index (χ3v) is 5.40. The minimum atomic E-state index is -0.284. The molecule has 144 valence electrons. The van der Waals surface area contributed by atoms with Crippen LogP contribution in [0, 0.1) is 0 Å². The van der Waals surface area contributed by atoms with Gasteiger partial charge in [-0.2, -0.15) is 0 Å². The number of rotatable bonds is 3. The van der Waals surface area contributed by atoms with E-state index in [0.29, 0.717) is 23.2 Å². The predicted molar refractivity (Wildman–Crippen MR) is 105 cm³/mol. The quantitative estimate of drug-likeness (QED) is 0.770. The van der Waals surface area contributed by atoms with Crippen molar-refractivity contribution in [2.45, 2.75) is 13.0 Å². The number of hydrogen-bond acceptors (Lipinski definition) is 4. The van der Waals surface area contributed by atoms with Crippen LogP contribution < -0.4 is 0 Å². The molecule has 4 rings (SSSR count). The zero-order valence-electron chi connectivity index (χ0n) is 15.9. The highest BCUT2D eigenvalue weighted by molar-refractivity contribution is 6.21. The first kappa shape index (κ1) is 18.4. The second-order valence-corrected chi connectivity index (χ2v) is 7.39. The SMILES string of the molecule is CN1CCCN(C(=O)c2cccc(CN3C(=O)c4ccccc4C3=O)c2)CC1. The fourth-order valence-corrected chi connectivity index (χ4v) is 3.80. The van der Waals surface area contributed by atoms with Crippen molar-refractivity contribution >= 4 is 17.7 Å². The van der Waals surface area contributed by atoms with Crippen molar-refractivity contribution in [3.8, 4) is 0 Å². The van der Waals surface area contributed by atoms with Gasteiger partial charge in [0, 0.05) is 25.2 Å². The highest BCUT2D eigenvalue weighted by Gasteiger charge is 2.35. The summed E-state index contributed by atoms with van der Waals surface area (Å²) in [5.74, 6) is -0.569. The van der Waals surface area contributed by atoms with E-state index in [1.54, 1.807) is 36.4 Å². The number of amides is 3. The van der Waals surface area contributed by atoms with Gasteiger partial charge in [0.15, 0.2) is 0 Å². The van der Waals surface area contributed by atoms with Crippen molar-refractivity contribution in [3.05, 3.63) is 70.8 Å². The van der Waals surface area contributed by atoms with Crippen LogP contribution in [-0.4, -0.2) is 65.6 Å². The van der Waals surface area contributed by atoms with Gasteiger partial charge in [0.2, 0.25) is 0 Å². The average molecular weight is 377 g/mol. The van der Waals surface area contributed by atoms with E-state index in [-0.39, 0.29) is 24.3 Å². The molecule has 28 heavy (non-hydrogen) atoms. The summed E-state index contributed by atoms with van der Waals surface area (Å²) in [5, 5.41) is 0. The minimum Gasteiger partial charge on any atom is -0.337 e. The summed E-state index contributed by atoms with van der Waals surface area (Å²) in [6, 6.07) is 14.1. The van der Waals surface area contributed by atoms with Gasteiger partial charge in [-0.3, -0.25) is 19.3 Å². The highest BCUT2D eigenvalue weighted by atomic mass is 16.2. The van der Waals surface area contributed by atoms with E-state index in [1.165, 1.54) is 4.90 Å². The molecule has 2 heterocycles. The molecule has 6 heteroatoms. The van der Waals surface area contributed by atoms with Crippen LogP contribution in [0.1, 0.15) is 43.1 Å². The topological polar surface area (TPSA) is 60.9 Å². The average Bonchev–Trinajstić information content (AvgIpc) is 2.86. The van der Waals surface area contributed by atoms with E-state index in [0.717, 1.165) is 31.6 Å². The van der Waals surface area contributed by atoms with Crippen molar-refractivity contribution in [2.24, 2.45) is 0 Å². The fraction of sp³-hybridized carbons (Fsp3) is 0.318. The summed E-state index contributed by atoms with van der Waals surface area (Å²) in [5.41, 5.74) is 2.24. The first-order valence-corrected chi connectivity index (χ1v) is 9.56. The molecule has 2 aliphatic heterocycles. The lowest BCUT2D eigenvalue weighted by Crippen LogP contribution is -2.34. The third kappa shape index (κ3) is 3.43. The number of nitrogens with zero attached hydrogens (tertiary/aromatic N) is 3. The standard InChI is InChI=1S/C22H23N3O3/c1-23-10-5-11-24(13-12-23)20(26)17-7-4-6-16(14-17)15-25-21(27)18-8-2-3-9-19(18)22(25)28/h2-4,6-9,14H,5,10-13,15H2,1H3. The largest absolute Gasteiger partial charge is 0.337 e. The molecule has 0 atom stereocenters. The molecule has 0 N–H and O–H groups in total. The van der Waals surface area contributed by atoms with Crippen LogP contribution in [0.2, 0.25) is 0 Å². The molecule has 6 nitrogen and oxygen atoms in total. The van der Waals surface area contributed by atoms with Crippen molar-refractivity contribution < 1.29 is 14.4 Å². The fourth-order valence-electron chi connectivity index (χ4n) is 3.80. The molecular formula is C22H23N3O3. The predicted octanol–water partition coefficient (Wildman–Crippen LogP) is 2.26. The Bertz CT molecular complexity index is 905. The smallest absolute Gasteiger partial charge is 0.261 e. The van der Waals surface area contributed by atoms with Crippen LogP contribution >= 0.6 is 0 Å². The van der Waals surface area contributed by atoms with Gasteiger partial charge in [-0.05, 0) is 49.8 Å². The van der Waals surface area contributed by atoms with Gasteiger partial charge in [0.05, 0.1) is 17.7 Å². The number of benzene rings is 2. The number of carbonyl (C=O) groups excluding carboxylic acids is 3. The third-order valence-electron chi connectivity index (χ3n) is 5.40. The Labute approximate surface area is 164 Å². The number of imide groups is 1. The molecule has 0 aromatic heterocycles. The Balaban J connectivity index is 1.51. The first-order valence-electron chi connectivity index (χ1n) is 9.56. The van der Waals surface area contributed by atoms with E-state index < -0.39 is 0 Å². The number of hydrogen-bond donors (Lipinski definition) is 0. The summed E-state index contributed by atoms with van der Waals surface area (Å²) in [4.78, 5) is 43.4. The lowest BCUT2D eigenvalue weighted by atomic mass is 10.1. The molecule has 0 spiro atoms. The molecule has 1 saturated heterocycles. The zero-order chi connectivity index (χ0) is 19.7. The molecule has 0 bridgehead atoms. The van der Waals surface area contributed by atoms with Crippen molar-refractivity contribution in [1.29, 1.82) is 0 Å². The van der Waals surface area contributed by atoms with E-state index in [1.807, 2.05) is 17.0 Å². The summed E-state index contributed by atoms with van der Waals surface area (Å²) >= 11 is 0. The summed E-state index contributed by atoms with van der Waals surface area (Å²) in [6.45, 7) is 3.46. The van der Waals surface area contributed by atoms with Crippen LogP contribution in [-0.2, 0) is 6.54 Å². The van der Waals surface area contributed by atoms with Crippen LogP contribution in [0.15, 0.2) is 48.5 Å². The lowest BCUT2D eigenvalue weighted by molar-refractivity contribution is 0.0642. The van der Waals surface area contributed by atoms with Gasteiger partial charge >= 0.3 is 0 Å². The highest BCUT2D eigenvalue weighted by Crippen LogP contribution is 2.24. The number of likely N-dealkylation sites (N-methyl/N-ethyl adjacent to an activating group) is 1. The summed E-state index contributed by atoms with van der Waals surface area (Å²) in [6.07, 6.45) is 0.955. The molecule has 2 aromatic carbocycles. The second-order valence-electron chi connectivity index (χ2n) is 7.39. The Kier molecular flexibility index (Phi) is 4.96. The van der Waals surface area contributed by atoms with Gasteiger partial charge in [-0.25, -0.2) is 0 Å². The maximum Gasteiger partial charge on any atom is 0.261 e. The van der Waals surface area contributed by atoms with E-state index in [2.05, 4.69) is 11.9 Å². The molecule has 3 amide bonds. The Morgan fingerprint density at radius 2 is 1.61 bits per heavy atom. The van der Waals surface area contributed by atoms with Gasteiger partial charge in [0.1, 0.15) is 0 Å². The van der Waals surface area contributed by atoms with Crippen molar-refractivity contribution in [3.63, 3.8) is 0 Å². The van der Waals surface area contributed by atoms with Gasteiger partial charge < -0.3 is 9.80 Å². The molecule has 0 radical (unpaired) electrons. The maximum absolute atomic E-state index is 12.9. The zero-order valence-corrected chi connectivity index (χ0v) is 15.9. The molecule has 0 aliphatic carbocycles. The number of fused-ring (bicyclic) bond motifs is 1. The van der Waals surface area contributed by atoms with Gasteiger partial charge in [0.25, 0.3) is 17.7 Å². The minimum absolute atomic E-state index is 0.000453. The number of carbonyl (C=O) groups is 3. The normalized spacial score (nSPS) is 17.6. The molecule has 2 aromatic rings. The van der Waals surface area contributed by atoms with E-state index >= 15 is 0 Å². The van der Waals surface area contributed by atoms with Crippen LogP contribution in [0.5, 0.6) is 0 Å². The monoisotopic (exact) mass is 377 g/mol. The second kappa shape index (κ2) is 7.56. The van der Waals surface area contributed by atoms with E-state index in [9.17, 15) is 14.4 Å². The molecule has 2 aliphatic rings. The van der Waals surface area contributed by atoms with Crippen molar-refractivity contribution in [1.82, 2.24) is 14.7 Å². The first-order chi connectivity index (χ1) is 13.5. The molecule has 0 saturated carbocycles.